The van der Waals surface area contributed by atoms with Crippen molar-refractivity contribution in [2.45, 2.75) is 30.8 Å². The Morgan fingerprint density at radius 2 is 1.92 bits per heavy atom. The number of hydrogen-bond acceptors (Lipinski definition) is 2. The van der Waals surface area contributed by atoms with Crippen LogP contribution in [0.2, 0.25) is 0 Å². The molecule has 0 aromatic heterocycles. The van der Waals surface area contributed by atoms with Crippen molar-refractivity contribution in [1.82, 2.24) is 0 Å². The van der Waals surface area contributed by atoms with E-state index >= 15 is 0 Å². The van der Waals surface area contributed by atoms with Gasteiger partial charge in [-0.15, -0.1) is 11.8 Å². The van der Waals surface area contributed by atoms with Crippen LogP contribution in [0, 0.1) is 0 Å². The van der Waals surface area contributed by atoms with E-state index in [2.05, 4.69) is 12.1 Å². The predicted octanol–water partition coefficient (Wildman–Crippen LogP) is 2.94. The zero-order valence-corrected chi connectivity index (χ0v) is 8.97. The first-order valence-corrected chi connectivity index (χ1v) is 5.53. The highest BCUT2D eigenvalue weighted by Gasteiger charge is 2.17. The van der Waals surface area contributed by atoms with Gasteiger partial charge >= 0.3 is 0 Å². The Labute approximate surface area is 84.2 Å². The summed E-state index contributed by atoms with van der Waals surface area (Å²) in [6.45, 7) is 3.88. The van der Waals surface area contributed by atoms with Crippen molar-refractivity contribution in [2.24, 2.45) is 0 Å². The number of benzene rings is 1. The van der Waals surface area contributed by atoms with Crippen LogP contribution in [0.15, 0.2) is 35.2 Å². The van der Waals surface area contributed by atoms with E-state index in [0.29, 0.717) is 0 Å². The molecule has 0 aliphatic carbocycles. The maximum Gasteiger partial charge on any atom is 0.0710 e. The Bertz CT molecular complexity index is 244. The van der Waals surface area contributed by atoms with Crippen molar-refractivity contribution in [1.29, 1.82) is 0 Å². The van der Waals surface area contributed by atoms with Gasteiger partial charge in [-0.3, -0.25) is 0 Å². The van der Waals surface area contributed by atoms with Gasteiger partial charge in [-0.1, -0.05) is 25.1 Å². The molecule has 0 saturated carbocycles. The molecule has 1 atom stereocenters. The van der Waals surface area contributed by atoms with E-state index < -0.39 is 5.60 Å². The Balaban J connectivity index is 2.44. The second-order valence-electron chi connectivity index (χ2n) is 3.45. The third-order valence-corrected chi connectivity index (χ3v) is 3.43. The highest BCUT2D eigenvalue weighted by atomic mass is 32.2. The van der Waals surface area contributed by atoms with Gasteiger partial charge in [0.25, 0.3) is 0 Å². The Kier molecular flexibility index (Phi) is 3.82. The van der Waals surface area contributed by atoms with E-state index in [4.69, 9.17) is 0 Å². The van der Waals surface area contributed by atoms with Gasteiger partial charge in [0.15, 0.2) is 0 Å². The molecule has 13 heavy (non-hydrogen) atoms. The molecule has 0 fully saturated rings. The largest absolute Gasteiger partial charge is 0.389 e. The van der Waals surface area contributed by atoms with Gasteiger partial charge in [-0.2, -0.15) is 0 Å². The lowest BCUT2D eigenvalue weighted by atomic mass is 10.1. The molecule has 1 aromatic carbocycles. The zero-order valence-electron chi connectivity index (χ0n) is 8.16. The quantitative estimate of drug-likeness (QED) is 0.747. The van der Waals surface area contributed by atoms with Crippen LogP contribution in [0.1, 0.15) is 20.3 Å². The summed E-state index contributed by atoms with van der Waals surface area (Å²) in [4.78, 5) is 1.22. The molecule has 1 N–H and O–H groups in total. The van der Waals surface area contributed by atoms with Crippen LogP contribution in [-0.2, 0) is 0 Å². The number of aliphatic hydroxyl groups is 1. The lowest BCUT2D eigenvalue weighted by molar-refractivity contribution is 0.0816. The van der Waals surface area contributed by atoms with Gasteiger partial charge in [-0.05, 0) is 25.5 Å². The minimum absolute atomic E-state index is 0.541. The molecule has 0 spiro atoms. The highest BCUT2D eigenvalue weighted by molar-refractivity contribution is 7.99. The van der Waals surface area contributed by atoms with Gasteiger partial charge in [0.2, 0.25) is 0 Å². The lowest BCUT2D eigenvalue weighted by Crippen LogP contribution is -2.25. The molecule has 0 saturated heterocycles. The lowest BCUT2D eigenvalue weighted by Gasteiger charge is -2.20. The van der Waals surface area contributed by atoms with Crippen LogP contribution in [0.4, 0.5) is 0 Å². The summed E-state index contributed by atoms with van der Waals surface area (Å²) >= 11 is 1.70. The van der Waals surface area contributed by atoms with Crippen LogP contribution in [0.25, 0.3) is 0 Å². The molecular formula is C11H16OS. The molecule has 1 aromatic rings. The van der Waals surface area contributed by atoms with E-state index in [1.165, 1.54) is 4.90 Å². The van der Waals surface area contributed by atoms with Gasteiger partial charge < -0.3 is 5.11 Å². The maximum absolute atomic E-state index is 9.76. The van der Waals surface area contributed by atoms with E-state index in [-0.39, 0.29) is 0 Å². The summed E-state index contributed by atoms with van der Waals surface area (Å²) in [5, 5.41) is 9.76. The molecule has 0 aliphatic heterocycles. The topological polar surface area (TPSA) is 20.2 Å². The summed E-state index contributed by atoms with van der Waals surface area (Å²) in [5.74, 6) is 0.757. The van der Waals surface area contributed by atoms with Crippen molar-refractivity contribution in [3.05, 3.63) is 30.3 Å². The number of hydrogen-bond donors (Lipinski definition) is 1. The van der Waals surface area contributed by atoms with Crippen molar-refractivity contribution in [3.8, 4) is 0 Å². The van der Waals surface area contributed by atoms with E-state index in [1.807, 2.05) is 32.0 Å². The molecule has 0 amide bonds. The molecule has 0 bridgehead atoms. The molecular weight excluding hydrogens is 180 g/mol. The fourth-order valence-corrected chi connectivity index (χ4v) is 1.89. The van der Waals surface area contributed by atoms with Gasteiger partial charge in [0, 0.05) is 10.6 Å². The second-order valence-corrected chi connectivity index (χ2v) is 4.50. The first-order chi connectivity index (χ1) is 6.14. The molecule has 0 heterocycles. The molecule has 0 radical (unpaired) electrons. The third kappa shape index (κ3) is 3.83. The predicted molar refractivity (Wildman–Crippen MR) is 58.1 cm³/mol. The summed E-state index contributed by atoms with van der Waals surface area (Å²) < 4.78 is 0. The average Bonchev–Trinajstić information content (AvgIpc) is 2.17. The first-order valence-electron chi connectivity index (χ1n) is 4.54. The Morgan fingerprint density at radius 3 is 2.46 bits per heavy atom. The van der Waals surface area contributed by atoms with Crippen LogP contribution >= 0.6 is 11.8 Å². The fourth-order valence-electron chi connectivity index (χ4n) is 0.858. The second kappa shape index (κ2) is 4.68. The zero-order chi connectivity index (χ0) is 9.73. The molecule has 0 aliphatic rings. The van der Waals surface area contributed by atoms with Crippen LogP contribution in [0.5, 0.6) is 0 Å². The molecule has 72 valence electrons. The third-order valence-electron chi connectivity index (χ3n) is 2.05. The normalized spacial score (nSPS) is 15.3. The first kappa shape index (κ1) is 10.6. The smallest absolute Gasteiger partial charge is 0.0710 e. The van der Waals surface area contributed by atoms with Gasteiger partial charge in [0.1, 0.15) is 0 Å². The van der Waals surface area contributed by atoms with Gasteiger partial charge in [0.05, 0.1) is 5.60 Å². The monoisotopic (exact) mass is 196 g/mol. The highest BCUT2D eigenvalue weighted by Crippen LogP contribution is 2.23. The van der Waals surface area contributed by atoms with Gasteiger partial charge in [-0.25, -0.2) is 0 Å². The summed E-state index contributed by atoms with van der Waals surface area (Å²) in [5.41, 5.74) is -0.541. The molecule has 1 rings (SSSR count). The average molecular weight is 196 g/mol. The van der Waals surface area contributed by atoms with Crippen molar-refractivity contribution in [3.63, 3.8) is 0 Å². The number of thioether (sulfide) groups is 1. The minimum atomic E-state index is -0.541. The van der Waals surface area contributed by atoms with E-state index in [1.54, 1.807) is 11.8 Å². The fraction of sp³-hybridized carbons (Fsp3) is 0.455. The molecule has 1 unspecified atom stereocenters. The van der Waals surface area contributed by atoms with Crippen LogP contribution < -0.4 is 0 Å². The molecule has 2 heteroatoms. The molecule has 1 nitrogen and oxygen atoms in total. The van der Waals surface area contributed by atoms with E-state index in [9.17, 15) is 5.11 Å². The standard InChI is InChI=1S/C11H16OS/c1-3-11(2,12)9-13-10-7-5-4-6-8-10/h4-8,12H,3,9H2,1-2H3. The van der Waals surface area contributed by atoms with Crippen molar-refractivity contribution in [2.75, 3.05) is 5.75 Å². The van der Waals surface area contributed by atoms with Crippen molar-refractivity contribution >= 4 is 11.8 Å². The number of rotatable bonds is 4. The Morgan fingerprint density at radius 1 is 1.31 bits per heavy atom. The van der Waals surface area contributed by atoms with Crippen molar-refractivity contribution < 1.29 is 5.11 Å². The summed E-state index contributed by atoms with van der Waals surface area (Å²) in [6, 6.07) is 10.2. The van der Waals surface area contributed by atoms with E-state index in [0.717, 1.165) is 12.2 Å². The maximum atomic E-state index is 9.76. The summed E-state index contributed by atoms with van der Waals surface area (Å²) in [6.07, 6.45) is 0.798. The minimum Gasteiger partial charge on any atom is -0.389 e. The van der Waals surface area contributed by atoms with Crippen LogP contribution in [0.3, 0.4) is 0 Å². The Hall–Kier alpha value is -0.470. The van der Waals surface area contributed by atoms with Crippen LogP contribution in [-0.4, -0.2) is 16.5 Å². The summed E-state index contributed by atoms with van der Waals surface area (Å²) in [7, 11) is 0. The SMILES string of the molecule is CCC(C)(O)CSc1ccccc1.